The highest BCUT2D eigenvalue weighted by atomic mass is 32.1. The van der Waals surface area contributed by atoms with Gasteiger partial charge in [0.05, 0.1) is 11.6 Å². The first kappa shape index (κ1) is 18.4. The van der Waals surface area contributed by atoms with Crippen LogP contribution in [-0.4, -0.2) is 35.7 Å². The minimum absolute atomic E-state index is 0.294. The second-order valence-corrected chi connectivity index (χ2v) is 7.20. The predicted molar refractivity (Wildman–Crippen MR) is 101 cm³/mol. The molecular weight excluding hydrogens is 320 g/mol. The zero-order valence-corrected chi connectivity index (χ0v) is 15.4. The highest BCUT2D eigenvalue weighted by molar-refractivity contribution is 7.11. The smallest absolute Gasteiger partial charge is 0.191 e. The van der Waals surface area contributed by atoms with Gasteiger partial charge in [0.15, 0.2) is 5.96 Å². The van der Waals surface area contributed by atoms with E-state index < -0.39 is 5.60 Å². The summed E-state index contributed by atoms with van der Waals surface area (Å²) in [6.07, 6.45) is 2.76. The Kier molecular flexibility index (Phi) is 6.75. The molecule has 0 bridgehead atoms. The molecule has 0 aliphatic carbocycles. The minimum atomic E-state index is -0.990. The van der Waals surface area contributed by atoms with E-state index in [1.807, 2.05) is 43.5 Å². The zero-order valence-electron chi connectivity index (χ0n) is 14.5. The van der Waals surface area contributed by atoms with Crippen molar-refractivity contribution in [2.24, 2.45) is 4.99 Å². The molecule has 0 aliphatic rings. The van der Waals surface area contributed by atoms with Crippen molar-refractivity contribution in [2.45, 2.75) is 32.8 Å². The van der Waals surface area contributed by atoms with Crippen LogP contribution in [0, 0.1) is 6.92 Å². The number of aliphatic hydroxyl groups is 1. The lowest BCUT2D eigenvalue weighted by atomic mass is 9.96. The molecule has 0 amide bonds. The number of aliphatic imine (C=N–C) groups is 1. The van der Waals surface area contributed by atoms with Crippen LogP contribution >= 0.6 is 11.3 Å². The molecule has 0 saturated heterocycles. The van der Waals surface area contributed by atoms with Gasteiger partial charge in [-0.05, 0) is 26.3 Å². The number of hydrogen-bond donors (Lipinski definition) is 3. The van der Waals surface area contributed by atoms with E-state index in [0.29, 0.717) is 12.5 Å². The lowest BCUT2D eigenvalue weighted by Crippen LogP contribution is -2.39. The first-order chi connectivity index (χ1) is 11.5. The Morgan fingerprint density at radius 1 is 1.29 bits per heavy atom. The number of guanidine groups is 1. The number of rotatable bonds is 7. The molecule has 0 radical (unpaired) electrons. The number of nitrogens with zero attached hydrogens (tertiary/aromatic N) is 2. The van der Waals surface area contributed by atoms with Gasteiger partial charge in [0, 0.05) is 30.6 Å². The SMILES string of the molecule is CCNC(=NCC(C)(O)c1ccccc1)NCCc1ncc(C)s1. The number of aryl methyl sites for hydroxylation is 1. The van der Waals surface area contributed by atoms with E-state index in [4.69, 9.17) is 0 Å². The Labute approximate surface area is 147 Å². The van der Waals surface area contributed by atoms with E-state index >= 15 is 0 Å². The van der Waals surface area contributed by atoms with E-state index in [1.54, 1.807) is 18.3 Å². The Hall–Kier alpha value is -1.92. The molecule has 0 spiro atoms. The second kappa shape index (κ2) is 8.80. The van der Waals surface area contributed by atoms with Crippen LogP contribution in [0.4, 0.5) is 0 Å². The van der Waals surface area contributed by atoms with Gasteiger partial charge in [0.2, 0.25) is 0 Å². The molecule has 2 aromatic rings. The van der Waals surface area contributed by atoms with Gasteiger partial charge in [0.25, 0.3) is 0 Å². The Morgan fingerprint density at radius 3 is 2.67 bits per heavy atom. The fourth-order valence-electron chi connectivity index (χ4n) is 2.27. The summed E-state index contributed by atoms with van der Waals surface area (Å²) in [6, 6.07) is 9.62. The van der Waals surface area contributed by atoms with Crippen LogP contribution in [0.25, 0.3) is 0 Å². The summed E-state index contributed by atoms with van der Waals surface area (Å²) in [5.41, 5.74) is -0.126. The van der Waals surface area contributed by atoms with E-state index in [-0.39, 0.29) is 0 Å². The summed E-state index contributed by atoms with van der Waals surface area (Å²) in [5.74, 6) is 0.710. The molecular formula is C18H26N4OS. The van der Waals surface area contributed by atoms with Gasteiger partial charge >= 0.3 is 0 Å². The average Bonchev–Trinajstić information content (AvgIpc) is 2.99. The molecule has 1 aromatic carbocycles. The van der Waals surface area contributed by atoms with Gasteiger partial charge in [-0.3, -0.25) is 0 Å². The van der Waals surface area contributed by atoms with Crippen molar-refractivity contribution in [1.82, 2.24) is 15.6 Å². The third-order valence-electron chi connectivity index (χ3n) is 3.59. The monoisotopic (exact) mass is 346 g/mol. The molecule has 0 fully saturated rings. The van der Waals surface area contributed by atoms with Gasteiger partial charge in [-0.25, -0.2) is 9.98 Å². The van der Waals surface area contributed by atoms with Crippen LogP contribution in [0.3, 0.4) is 0 Å². The standard InChI is InChI=1S/C18H26N4OS/c1-4-19-17(20-11-10-16-21-12-14(2)24-16)22-13-18(3,23)15-8-6-5-7-9-15/h5-9,12,23H,4,10-11,13H2,1-3H3,(H2,19,20,22). The van der Waals surface area contributed by atoms with Crippen LogP contribution in [0.15, 0.2) is 41.5 Å². The topological polar surface area (TPSA) is 69.5 Å². The highest BCUT2D eigenvalue weighted by Gasteiger charge is 2.22. The van der Waals surface area contributed by atoms with E-state index in [0.717, 1.165) is 30.1 Å². The third-order valence-corrected chi connectivity index (χ3v) is 4.56. The van der Waals surface area contributed by atoms with Crippen LogP contribution in [0.2, 0.25) is 0 Å². The van der Waals surface area contributed by atoms with Gasteiger partial charge in [-0.1, -0.05) is 30.3 Å². The fourth-order valence-corrected chi connectivity index (χ4v) is 3.05. The summed E-state index contributed by atoms with van der Waals surface area (Å²) >= 11 is 1.72. The van der Waals surface area contributed by atoms with Crippen molar-refractivity contribution in [2.75, 3.05) is 19.6 Å². The first-order valence-corrected chi connectivity index (χ1v) is 9.04. The molecule has 0 saturated carbocycles. The largest absolute Gasteiger partial charge is 0.384 e. The van der Waals surface area contributed by atoms with Crippen LogP contribution < -0.4 is 10.6 Å². The maximum Gasteiger partial charge on any atom is 0.191 e. The normalized spacial score (nSPS) is 14.2. The van der Waals surface area contributed by atoms with E-state index in [9.17, 15) is 5.11 Å². The number of thiazole rings is 1. The molecule has 1 aromatic heterocycles. The maximum absolute atomic E-state index is 10.6. The summed E-state index contributed by atoms with van der Waals surface area (Å²) in [6.45, 7) is 7.70. The maximum atomic E-state index is 10.6. The van der Waals surface area contributed by atoms with E-state index in [2.05, 4.69) is 27.5 Å². The van der Waals surface area contributed by atoms with Crippen molar-refractivity contribution in [3.05, 3.63) is 52.0 Å². The number of nitrogens with one attached hydrogen (secondary N) is 2. The molecule has 1 heterocycles. The fraction of sp³-hybridized carbons (Fsp3) is 0.444. The first-order valence-electron chi connectivity index (χ1n) is 8.22. The van der Waals surface area contributed by atoms with Gasteiger partial charge in [-0.15, -0.1) is 11.3 Å². The molecule has 0 aliphatic heterocycles. The van der Waals surface area contributed by atoms with Gasteiger partial charge < -0.3 is 15.7 Å². The van der Waals surface area contributed by atoms with Crippen molar-refractivity contribution in [3.63, 3.8) is 0 Å². The zero-order chi connectivity index (χ0) is 17.4. The molecule has 5 nitrogen and oxygen atoms in total. The lowest BCUT2D eigenvalue weighted by Gasteiger charge is -2.22. The second-order valence-electron chi connectivity index (χ2n) is 5.88. The Morgan fingerprint density at radius 2 is 2.04 bits per heavy atom. The molecule has 130 valence electrons. The average molecular weight is 347 g/mol. The summed E-state index contributed by atoms with van der Waals surface area (Å²) in [5, 5.41) is 18.3. The predicted octanol–water partition coefficient (Wildman–Crippen LogP) is 2.46. The molecule has 2 rings (SSSR count). The molecule has 1 unspecified atom stereocenters. The highest BCUT2D eigenvalue weighted by Crippen LogP contribution is 2.20. The van der Waals surface area contributed by atoms with Gasteiger partial charge in [-0.2, -0.15) is 0 Å². The molecule has 3 N–H and O–H groups in total. The molecule has 24 heavy (non-hydrogen) atoms. The lowest BCUT2D eigenvalue weighted by molar-refractivity contribution is 0.0672. The van der Waals surface area contributed by atoms with Crippen LogP contribution in [0.5, 0.6) is 0 Å². The Bertz CT molecular complexity index is 652. The van der Waals surface area contributed by atoms with E-state index in [1.165, 1.54) is 4.88 Å². The number of benzene rings is 1. The number of aromatic nitrogens is 1. The third kappa shape index (κ3) is 5.62. The van der Waals surface area contributed by atoms with Crippen molar-refractivity contribution < 1.29 is 5.11 Å². The molecule has 6 heteroatoms. The van der Waals surface area contributed by atoms with Crippen molar-refractivity contribution in [1.29, 1.82) is 0 Å². The van der Waals surface area contributed by atoms with Crippen molar-refractivity contribution >= 4 is 17.3 Å². The van der Waals surface area contributed by atoms with Gasteiger partial charge in [0.1, 0.15) is 5.60 Å². The summed E-state index contributed by atoms with van der Waals surface area (Å²) in [7, 11) is 0. The Balaban J connectivity index is 1.92. The summed E-state index contributed by atoms with van der Waals surface area (Å²) < 4.78 is 0. The number of hydrogen-bond acceptors (Lipinski definition) is 4. The quantitative estimate of drug-likeness (QED) is 0.532. The summed E-state index contributed by atoms with van der Waals surface area (Å²) in [4.78, 5) is 10.1. The van der Waals surface area contributed by atoms with Crippen LogP contribution in [-0.2, 0) is 12.0 Å². The minimum Gasteiger partial charge on any atom is -0.384 e. The molecule has 1 atom stereocenters. The van der Waals surface area contributed by atoms with Crippen molar-refractivity contribution in [3.8, 4) is 0 Å². The van der Waals surface area contributed by atoms with Crippen LogP contribution in [0.1, 0.15) is 29.3 Å².